The Kier molecular flexibility index (Phi) is 5.75. The molecule has 0 fully saturated rings. The van der Waals surface area contributed by atoms with Gasteiger partial charge >= 0.3 is 0 Å². The molecule has 2 rings (SSSR count). The SMILES string of the molecule is CC(C)(C)[n+]1ccc(-c2ccccc2Cl)o1.[O-][Cl+3]([O-])([O-])[O-]. The first-order valence-electron chi connectivity index (χ1n) is 5.87. The summed E-state index contributed by atoms with van der Waals surface area (Å²) < 4.78 is 41.5. The average molecular weight is 336 g/mol. The van der Waals surface area contributed by atoms with Gasteiger partial charge in [0.05, 0.1) is 11.1 Å². The fourth-order valence-electron chi connectivity index (χ4n) is 1.46. The summed E-state index contributed by atoms with van der Waals surface area (Å²) >= 11 is 6.11. The molecule has 0 aliphatic carbocycles. The summed E-state index contributed by atoms with van der Waals surface area (Å²) in [6.07, 6.45) is 1.93. The quantitative estimate of drug-likeness (QED) is 0.613. The van der Waals surface area contributed by atoms with Gasteiger partial charge in [-0.1, -0.05) is 23.7 Å². The minimum absolute atomic E-state index is 0.0560. The largest absolute Gasteiger partial charge is 0.236 e. The van der Waals surface area contributed by atoms with Crippen molar-refractivity contribution in [3.05, 3.63) is 41.6 Å². The molecule has 0 atom stereocenters. The fourth-order valence-corrected chi connectivity index (χ4v) is 1.69. The molecule has 0 amide bonds. The minimum atomic E-state index is -4.94. The zero-order chi connectivity index (χ0) is 16.3. The molecule has 0 N–H and O–H groups in total. The van der Waals surface area contributed by atoms with Gasteiger partial charge in [0.1, 0.15) is 0 Å². The molecule has 1 aromatic carbocycles. The second-order valence-corrected chi connectivity index (χ2v) is 6.29. The van der Waals surface area contributed by atoms with E-state index in [1.807, 2.05) is 41.3 Å². The smallest absolute Gasteiger partial charge is 0.221 e. The maximum atomic E-state index is 8.49. The van der Waals surface area contributed by atoms with Gasteiger partial charge < -0.3 is 0 Å². The summed E-state index contributed by atoms with van der Waals surface area (Å²) in [7, 11) is -4.94. The average Bonchev–Trinajstić information content (AvgIpc) is 2.76. The van der Waals surface area contributed by atoms with Crippen LogP contribution in [0.3, 0.4) is 0 Å². The summed E-state index contributed by atoms with van der Waals surface area (Å²) in [4.78, 5) is 0. The van der Waals surface area contributed by atoms with E-state index in [2.05, 4.69) is 20.8 Å². The molecule has 1 heterocycles. The van der Waals surface area contributed by atoms with Gasteiger partial charge in [0.2, 0.25) is 17.5 Å². The van der Waals surface area contributed by atoms with E-state index in [0.29, 0.717) is 5.02 Å². The molecular formula is C13H15Cl2NO5. The summed E-state index contributed by atoms with van der Waals surface area (Å²) in [5.41, 5.74) is 0.867. The number of nitrogens with zero attached hydrogens (tertiary/aromatic N) is 1. The topological polar surface area (TPSA) is 109 Å². The standard InChI is InChI=1S/C13H15ClNO.ClHO4/c1-13(2,3)15-9-8-12(16-15)10-6-4-5-7-11(10)14;2-1(3,4)5/h4-9H,1-3H3;(H,2,3,4,5)/q+1;/p-1. The second kappa shape index (κ2) is 6.74. The van der Waals surface area contributed by atoms with Crippen LogP contribution in [-0.4, -0.2) is 0 Å². The lowest BCUT2D eigenvalue weighted by molar-refractivity contribution is -2.00. The van der Waals surface area contributed by atoms with Crippen molar-refractivity contribution in [2.24, 2.45) is 0 Å². The zero-order valence-corrected chi connectivity index (χ0v) is 13.2. The molecule has 0 aliphatic heterocycles. The van der Waals surface area contributed by atoms with Gasteiger partial charge in [-0.25, -0.2) is 23.2 Å². The van der Waals surface area contributed by atoms with Gasteiger partial charge in [-0.15, -0.1) is 10.2 Å². The molecule has 2 aromatic rings. The number of hydrogen-bond donors (Lipinski definition) is 0. The van der Waals surface area contributed by atoms with Crippen LogP contribution in [0.25, 0.3) is 11.3 Å². The molecule has 0 aliphatic rings. The van der Waals surface area contributed by atoms with Crippen LogP contribution in [0.5, 0.6) is 0 Å². The Hall–Kier alpha value is -1.15. The Morgan fingerprint density at radius 3 is 2.00 bits per heavy atom. The number of aromatic nitrogens is 1. The Morgan fingerprint density at radius 1 is 1.05 bits per heavy atom. The van der Waals surface area contributed by atoms with Gasteiger partial charge in [0.15, 0.2) is 0 Å². The Labute approximate surface area is 129 Å². The molecule has 0 saturated heterocycles. The van der Waals surface area contributed by atoms with E-state index >= 15 is 0 Å². The highest BCUT2D eigenvalue weighted by Crippen LogP contribution is 2.26. The van der Waals surface area contributed by atoms with Gasteiger partial charge in [0.25, 0.3) is 0 Å². The first kappa shape index (κ1) is 17.9. The predicted octanol–water partition coefficient (Wildman–Crippen LogP) is -1.11. The van der Waals surface area contributed by atoms with Gasteiger partial charge in [0, 0.05) is 26.3 Å². The van der Waals surface area contributed by atoms with Crippen LogP contribution in [0.2, 0.25) is 5.02 Å². The first-order chi connectivity index (χ1) is 9.48. The normalized spacial score (nSPS) is 11.8. The molecule has 116 valence electrons. The highest BCUT2D eigenvalue weighted by Gasteiger charge is 2.27. The van der Waals surface area contributed by atoms with Crippen LogP contribution in [0.1, 0.15) is 20.8 Å². The van der Waals surface area contributed by atoms with Gasteiger partial charge in [-0.05, 0) is 16.9 Å². The molecular weight excluding hydrogens is 321 g/mol. The van der Waals surface area contributed by atoms with Crippen molar-refractivity contribution in [1.29, 1.82) is 0 Å². The highest BCUT2D eigenvalue weighted by atomic mass is 35.7. The molecule has 21 heavy (non-hydrogen) atoms. The molecule has 0 spiro atoms. The maximum absolute atomic E-state index is 8.49. The highest BCUT2D eigenvalue weighted by molar-refractivity contribution is 6.33. The van der Waals surface area contributed by atoms with Gasteiger partial charge in [-0.2, -0.15) is 0 Å². The Bertz CT molecular complexity index is 581. The minimum Gasteiger partial charge on any atom is -0.236 e. The second-order valence-electron chi connectivity index (χ2n) is 5.13. The van der Waals surface area contributed by atoms with E-state index < -0.39 is 10.2 Å². The van der Waals surface area contributed by atoms with Crippen LogP contribution in [-0.2, 0) is 5.54 Å². The van der Waals surface area contributed by atoms with Crippen molar-refractivity contribution < 1.29 is 38.1 Å². The summed E-state index contributed by atoms with van der Waals surface area (Å²) in [5.74, 6) is 0.792. The lowest BCUT2D eigenvalue weighted by Crippen LogP contribution is -2.68. The van der Waals surface area contributed by atoms with Gasteiger partial charge in [-0.3, -0.25) is 0 Å². The lowest BCUT2D eigenvalue weighted by atomic mass is 10.1. The summed E-state index contributed by atoms with van der Waals surface area (Å²) in [6.45, 7) is 6.27. The van der Waals surface area contributed by atoms with Crippen LogP contribution < -0.4 is 23.4 Å². The molecule has 1 aromatic heterocycles. The molecule has 0 unspecified atom stereocenters. The lowest BCUT2D eigenvalue weighted by Gasteiger charge is -2.17. The molecule has 0 bridgehead atoms. The fraction of sp³-hybridized carbons (Fsp3) is 0.308. The third-order valence-corrected chi connectivity index (χ3v) is 2.69. The van der Waals surface area contributed by atoms with Crippen molar-refractivity contribution in [2.45, 2.75) is 26.3 Å². The van der Waals surface area contributed by atoms with Crippen LogP contribution in [0.15, 0.2) is 41.1 Å². The molecule has 0 saturated carbocycles. The molecule has 8 heteroatoms. The van der Waals surface area contributed by atoms with Crippen molar-refractivity contribution in [3.8, 4) is 11.3 Å². The summed E-state index contributed by atoms with van der Waals surface area (Å²) in [6, 6.07) is 9.61. The van der Waals surface area contributed by atoms with Crippen molar-refractivity contribution in [3.63, 3.8) is 0 Å². The van der Waals surface area contributed by atoms with Crippen molar-refractivity contribution >= 4 is 11.6 Å². The molecule has 6 nitrogen and oxygen atoms in total. The van der Waals surface area contributed by atoms with Crippen LogP contribution in [0.4, 0.5) is 0 Å². The Morgan fingerprint density at radius 2 is 1.57 bits per heavy atom. The first-order valence-corrected chi connectivity index (χ1v) is 7.49. The van der Waals surface area contributed by atoms with E-state index in [-0.39, 0.29) is 5.54 Å². The summed E-state index contributed by atoms with van der Waals surface area (Å²) in [5, 5.41) is 0.706. The van der Waals surface area contributed by atoms with E-state index in [9.17, 15) is 0 Å². The van der Waals surface area contributed by atoms with E-state index in [0.717, 1.165) is 11.3 Å². The Balaban J connectivity index is 0.000000383. The van der Waals surface area contributed by atoms with Crippen LogP contribution in [0, 0.1) is 10.2 Å². The molecule has 0 radical (unpaired) electrons. The van der Waals surface area contributed by atoms with Crippen molar-refractivity contribution in [2.75, 3.05) is 0 Å². The monoisotopic (exact) mass is 335 g/mol. The third-order valence-electron chi connectivity index (χ3n) is 2.36. The number of hydrogen-bond acceptors (Lipinski definition) is 5. The number of rotatable bonds is 1. The van der Waals surface area contributed by atoms with Crippen molar-refractivity contribution in [1.82, 2.24) is 0 Å². The van der Waals surface area contributed by atoms with Crippen LogP contribution >= 0.6 is 11.6 Å². The third kappa shape index (κ3) is 6.43. The van der Waals surface area contributed by atoms with E-state index in [4.69, 9.17) is 34.8 Å². The zero-order valence-electron chi connectivity index (χ0n) is 11.7. The number of benzene rings is 1. The predicted molar refractivity (Wildman–Crippen MR) is 64.3 cm³/mol. The number of halogens is 2. The van der Waals surface area contributed by atoms with E-state index in [1.54, 1.807) is 0 Å². The van der Waals surface area contributed by atoms with E-state index in [1.165, 1.54) is 0 Å². The maximum Gasteiger partial charge on any atom is 0.221 e.